The number of hydrogen-bond donors (Lipinski definition) is 2. The third-order valence-corrected chi connectivity index (χ3v) is 3.96. The quantitative estimate of drug-likeness (QED) is 0.474. The van der Waals surface area contributed by atoms with Crippen molar-refractivity contribution in [1.82, 2.24) is 9.55 Å². The van der Waals surface area contributed by atoms with Crippen molar-refractivity contribution < 1.29 is 9.90 Å². The summed E-state index contributed by atoms with van der Waals surface area (Å²) in [7, 11) is 0. The summed E-state index contributed by atoms with van der Waals surface area (Å²) in [5.74, 6) is -0.605. The van der Waals surface area contributed by atoms with Gasteiger partial charge in [0.05, 0.1) is 11.8 Å². The highest BCUT2D eigenvalue weighted by Crippen LogP contribution is 2.18. The Bertz CT molecular complexity index is 775. The highest BCUT2D eigenvalue weighted by atomic mass is 35.5. The molecule has 120 valence electrons. The molecule has 0 saturated heterocycles. The number of aromatic hydroxyl groups is 1. The number of nitrogens with zero attached hydrogens (tertiary/aromatic N) is 2. The van der Waals surface area contributed by atoms with Gasteiger partial charge in [-0.25, -0.2) is 0 Å². The molecule has 23 heavy (non-hydrogen) atoms. The average molecular weight is 352 g/mol. The Morgan fingerprint density at radius 2 is 2.13 bits per heavy atom. The normalized spacial score (nSPS) is 10.3. The Labute approximate surface area is 141 Å². The number of rotatable bonds is 6. The van der Waals surface area contributed by atoms with Crippen LogP contribution >= 0.6 is 23.4 Å². The van der Waals surface area contributed by atoms with Crippen LogP contribution < -0.4 is 10.9 Å². The van der Waals surface area contributed by atoms with Crippen LogP contribution in [0.5, 0.6) is 5.88 Å². The minimum Gasteiger partial charge on any atom is -0.493 e. The van der Waals surface area contributed by atoms with Crippen LogP contribution in [-0.2, 0) is 11.3 Å². The number of hydrogen-bond acceptors (Lipinski definition) is 5. The Kier molecular flexibility index (Phi) is 5.84. The monoisotopic (exact) mass is 351 g/mol. The minimum atomic E-state index is -0.405. The van der Waals surface area contributed by atoms with Crippen LogP contribution in [0, 0.1) is 0 Å². The van der Waals surface area contributed by atoms with Gasteiger partial charge in [0.15, 0.2) is 5.16 Å². The first-order chi connectivity index (χ1) is 11.0. The highest BCUT2D eigenvalue weighted by molar-refractivity contribution is 7.99. The van der Waals surface area contributed by atoms with Crippen molar-refractivity contribution in [3.63, 3.8) is 0 Å². The van der Waals surface area contributed by atoms with Crippen LogP contribution in [0.25, 0.3) is 0 Å². The van der Waals surface area contributed by atoms with Gasteiger partial charge in [-0.05, 0) is 24.3 Å². The standard InChI is InChI=1S/C15H14ClN3O3S/c1-2-7-19-14(22)8-12(20)18-15(19)23-9-13(21)17-11-5-3-10(16)4-6-11/h2-6,8,20H,1,7,9H2,(H,17,21). The molecule has 1 aromatic heterocycles. The Balaban J connectivity index is 2.05. The van der Waals surface area contributed by atoms with Gasteiger partial charge in [0.1, 0.15) is 0 Å². The van der Waals surface area contributed by atoms with Gasteiger partial charge < -0.3 is 10.4 Å². The number of benzene rings is 1. The highest BCUT2D eigenvalue weighted by Gasteiger charge is 2.11. The van der Waals surface area contributed by atoms with Gasteiger partial charge in [-0.3, -0.25) is 14.2 Å². The molecule has 1 amide bonds. The third-order valence-electron chi connectivity index (χ3n) is 2.73. The van der Waals surface area contributed by atoms with E-state index in [-0.39, 0.29) is 29.2 Å². The van der Waals surface area contributed by atoms with Crippen LogP contribution in [0.1, 0.15) is 0 Å². The van der Waals surface area contributed by atoms with Crippen LogP contribution in [-0.4, -0.2) is 26.3 Å². The van der Waals surface area contributed by atoms with E-state index in [1.54, 1.807) is 24.3 Å². The molecule has 1 heterocycles. The maximum Gasteiger partial charge on any atom is 0.258 e. The first-order valence-electron chi connectivity index (χ1n) is 6.59. The molecule has 2 aromatic rings. The molecule has 0 aliphatic rings. The fourth-order valence-electron chi connectivity index (χ4n) is 1.74. The second kappa shape index (κ2) is 7.85. The Morgan fingerprint density at radius 3 is 2.78 bits per heavy atom. The van der Waals surface area contributed by atoms with E-state index in [1.807, 2.05) is 0 Å². The van der Waals surface area contributed by atoms with Crippen LogP contribution in [0.3, 0.4) is 0 Å². The van der Waals surface area contributed by atoms with E-state index >= 15 is 0 Å². The lowest BCUT2D eigenvalue weighted by Crippen LogP contribution is -2.22. The fourth-order valence-corrected chi connectivity index (χ4v) is 2.68. The van der Waals surface area contributed by atoms with Crippen molar-refractivity contribution in [2.24, 2.45) is 0 Å². The van der Waals surface area contributed by atoms with E-state index in [0.717, 1.165) is 17.8 Å². The topological polar surface area (TPSA) is 84.2 Å². The number of amides is 1. The fraction of sp³-hybridized carbons (Fsp3) is 0.133. The summed E-state index contributed by atoms with van der Waals surface area (Å²) in [6, 6.07) is 7.73. The molecule has 0 fully saturated rings. The van der Waals surface area contributed by atoms with Crippen molar-refractivity contribution in [1.29, 1.82) is 0 Å². The first-order valence-corrected chi connectivity index (χ1v) is 7.96. The number of allylic oxidation sites excluding steroid dienone is 1. The second-order valence-corrected chi connectivity index (χ2v) is 5.86. The number of aromatic nitrogens is 2. The molecule has 0 aliphatic heterocycles. The van der Waals surface area contributed by atoms with Crippen LogP contribution in [0.2, 0.25) is 5.02 Å². The molecule has 2 N–H and O–H groups in total. The van der Waals surface area contributed by atoms with Crippen LogP contribution in [0.4, 0.5) is 5.69 Å². The van der Waals surface area contributed by atoms with Crippen molar-refractivity contribution in [2.45, 2.75) is 11.7 Å². The van der Waals surface area contributed by atoms with E-state index in [9.17, 15) is 14.7 Å². The summed E-state index contributed by atoms with van der Waals surface area (Å²) < 4.78 is 1.33. The van der Waals surface area contributed by atoms with Gasteiger partial charge in [-0.1, -0.05) is 29.4 Å². The molecule has 0 unspecified atom stereocenters. The van der Waals surface area contributed by atoms with Crippen molar-refractivity contribution in [3.8, 4) is 5.88 Å². The average Bonchev–Trinajstić information content (AvgIpc) is 2.50. The number of carbonyl (C=O) groups is 1. The molecule has 0 aliphatic carbocycles. The van der Waals surface area contributed by atoms with Crippen molar-refractivity contribution in [3.05, 3.63) is 58.4 Å². The van der Waals surface area contributed by atoms with Crippen LogP contribution in [0.15, 0.2) is 52.9 Å². The summed E-state index contributed by atoms with van der Waals surface area (Å²) in [5, 5.41) is 13.0. The van der Waals surface area contributed by atoms with Gasteiger partial charge in [-0.15, -0.1) is 6.58 Å². The Morgan fingerprint density at radius 1 is 1.43 bits per heavy atom. The largest absolute Gasteiger partial charge is 0.493 e. The smallest absolute Gasteiger partial charge is 0.258 e. The van der Waals surface area contributed by atoms with Crippen molar-refractivity contribution >= 4 is 35.0 Å². The maximum absolute atomic E-state index is 11.9. The van der Waals surface area contributed by atoms with E-state index in [2.05, 4.69) is 16.9 Å². The van der Waals surface area contributed by atoms with E-state index in [4.69, 9.17) is 11.6 Å². The summed E-state index contributed by atoms with van der Waals surface area (Å²) >= 11 is 6.83. The molecule has 0 saturated carbocycles. The predicted octanol–water partition coefficient (Wildman–Crippen LogP) is 2.52. The summed E-state index contributed by atoms with van der Waals surface area (Å²) in [4.78, 5) is 27.6. The summed E-state index contributed by atoms with van der Waals surface area (Å²) in [6.45, 7) is 3.81. The number of halogens is 1. The number of nitrogens with one attached hydrogen (secondary N) is 1. The first kappa shape index (κ1) is 17.1. The minimum absolute atomic E-state index is 0.0374. The molecular formula is C15H14ClN3O3S. The zero-order valence-corrected chi connectivity index (χ0v) is 13.6. The lowest BCUT2D eigenvalue weighted by Gasteiger charge is -2.10. The molecular weight excluding hydrogens is 338 g/mol. The second-order valence-electron chi connectivity index (χ2n) is 4.48. The number of anilines is 1. The van der Waals surface area contributed by atoms with Gasteiger partial charge >= 0.3 is 0 Å². The molecule has 0 radical (unpaired) electrons. The molecule has 6 nitrogen and oxygen atoms in total. The van der Waals surface area contributed by atoms with Gasteiger partial charge in [0.25, 0.3) is 5.56 Å². The molecule has 0 bridgehead atoms. The SMILES string of the molecule is C=CCn1c(SCC(=O)Nc2ccc(Cl)cc2)nc(O)cc1=O. The van der Waals surface area contributed by atoms with E-state index in [0.29, 0.717) is 10.7 Å². The predicted molar refractivity (Wildman–Crippen MR) is 91.2 cm³/mol. The molecule has 8 heteroatoms. The zero-order valence-electron chi connectivity index (χ0n) is 12.0. The summed E-state index contributed by atoms with van der Waals surface area (Å²) in [5.41, 5.74) is 0.213. The van der Waals surface area contributed by atoms with Gasteiger partial charge in [-0.2, -0.15) is 4.98 Å². The zero-order chi connectivity index (χ0) is 16.8. The van der Waals surface area contributed by atoms with Gasteiger partial charge in [0, 0.05) is 17.3 Å². The number of thioether (sulfide) groups is 1. The molecule has 0 atom stereocenters. The van der Waals surface area contributed by atoms with E-state index in [1.165, 1.54) is 10.6 Å². The van der Waals surface area contributed by atoms with Crippen molar-refractivity contribution in [2.75, 3.05) is 11.1 Å². The third kappa shape index (κ3) is 4.87. The van der Waals surface area contributed by atoms with Gasteiger partial charge in [0.2, 0.25) is 11.8 Å². The Hall–Kier alpha value is -2.25. The molecule has 0 spiro atoms. The maximum atomic E-state index is 11.9. The molecule has 2 rings (SSSR count). The lowest BCUT2D eigenvalue weighted by atomic mass is 10.3. The molecule has 1 aromatic carbocycles. The summed E-state index contributed by atoms with van der Waals surface area (Å²) in [6.07, 6.45) is 1.54. The lowest BCUT2D eigenvalue weighted by molar-refractivity contribution is -0.113. The van der Waals surface area contributed by atoms with E-state index < -0.39 is 5.56 Å². The number of carbonyl (C=O) groups excluding carboxylic acids is 1.